The smallest absolute Gasteiger partial charge is 0.407 e. The van der Waals surface area contributed by atoms with E-state index in [9.17, 15) is 19.2 Å². The summed E-state index contributed by atoms with van der Waals surface area (Å²) in [5.41, 5.74) is 9.06. The molecular formula is C46H45N3O7. The number of nitrogens with zero attached hydrogens (tertiary/aromatic N) is 1. The Bertz CT molecular complexity index is 2090. The average Bonchev–Trinajstić information content (AvgIpc) is 3.98. The minimum atomic E-state index is -0.680. The number of benzene rings is 4. The number of hydrogen-bond acceptors (Lipinski definition) is 7. The van der Waals surface area contributed by atoms with Gasteiger partial charge in [-0.3, -0.25) is 9.59 Å². The molecule has 0 spiro atoms. The number of nitrogens with one attached hydrogen (secondary N) is 2. The zero-order valence-electron chi connectivity index (χ0n) is 31.1. The average molecular weight is 752 g/mol. The summed E-state index contributed by atoms with van der Waals surface area (Å²) in [6, 6.07) is 32.5. The first-order valence-electron chi connectivity index (χ1n) is 19.3. The molecule has 3 amide bonds. The van der Waals surface area contributed by atoms with Crippen LogP contribution >= 0.6 is 0 Å². The van der Waals surface area contributed by atoms with Crippen LogP contribution < -0.4 is 10.6 Å². The van der Waals surface area contributed by atoms with Gasteiger partial charge < -0.3 is 29.7 Å². The van der Waals surface area contributed by atoms with Crippen molar-refractivity contribution in [3.8, 4) is 22.3 Å². The normalized spacial score (nSPS) is 20.4. The lowest BCUT2D eigenvalue weighted by Gasteiger charge is -2.20. The number of rotatable bonds is 12. The van der Waals surface area contributed by atoms with Crippen molar-refractivity contribution < 1.29 is 33.4 Å². The van der Waals surface area contributed by atoms with E-state index in [1.54, 1.807) is 0 Å². The van der Waals surface area contributed by atoms with E-state index in [0.29, 0.717) is 13.1 Å². The molecule has 0 unspecified atom stereocenters. The SMILES string of the molecule is C=C[C@@H]1C[C@H](/C=C/COC(=O)CNC(=O)OCC2c3ccccc3-c3ccccc32)[C@@H]2CN(C(=O)CNC(=O)OCC3c4ccccc4-c4ccccc43)C[C@@H]21. The van der Waals surface area contributed by atoms with Gasteiger partial charge in [0, 0.05) is 24.9 Å². The van der Waals surface area contributed by atoms with Gasteiger partial charge in [-0.15, -0.1) is 6.58 Å². The van der Waals surface area contributed by atoms with Crippen LogP contribution in [0, 0.1) is 23.7 Å². The molecule has 286 valence electrons. The van der Waals surface area contributed by atoms with E-state index >= 15 is 0 Å². The van der Waals surface area contributed by atoms with Gasteiger partial charge >= 0.3 is 18.2 Å². The summed E-state index contributed by atoms with van der Waals surface area (Å²) in [5, 5.41) is 5.16. The van der Waals surface area contributed by atoms with E-state index in [0.717, 1.165) is 50.9 Å². The van der Waals surface area contributed by atoms with Gasteiger partial charge in [-0.1, -0.05) is 115 Å². The molecule has 4 aliphatic rings. The summed E-state index contributed by atoms with van der Waals surface area (Å²) in [4.78, 5) is 52.7. The summed E-state index contributed by atoms with van der Waals surface area (Å²) in [6.07, 6.45) is 5.43. The van der Waals surface area contributed by atoms with Crippen molar-refractivity contribution in [3.05, 3.63) is 144 Å². The van der Waals surface area contributed by atoms with E-state index in [1.807, 2.05) is 77.7 Å². The van der Waals surface area contributed by atoms with Crippen LogP contribution in [0.3, 0.4) is 0 Å². The Morgan fingerprint density at radius 1 is 0.625 bits per heavy atom. The second-order valence-corrected chi connectivity index (χ2v) is 14.9. The number of esters is 1. The molecule has 56 heavy (non-hydrogen) atoms. The number of likely N-dealkylation sites (tertiary alicyclic amines) is 1. The van der Waals surface area contributed by atoms with E-state index in [4.69, 9.17) is 14.2 Å². The Balaban J connectivity index is 0.753. The number of fused-ring (bicyclic) bond motifs is 7. The number of ether oxygens (including phenoxy) is 3. The highest BCUT2D eigenvalue weighted by molar-refractivity contribution is 5.83. The molecule has 0 aromatic heterocycles. The first-order valence-corrected chi connectivity index (χ1v) is 19.3. The van der Waals surface area contributed by atoms with E-state index in [1.165, 1.54) is 0 Å². The lowest BCUT2D eigenvalue weighted by molar-refractivity contribution is -0.141. The van der Waals surface area contributed by atoms with Crippen molar-refractivity contribution in [3.63, 3.8) is 0 Å². The molecule has 0 bridgehead atoms. The highest BCUT2D eigenvalue weighted by Gasteiger charge is 2.47. The van der Waals surface area contributed by atoms with Gasteiger partial charge in [-0.05, 0) is 74.6 Å². The van der Waals surface area contributed by atoms with E-state index in [2.05, 4.69) is 59.7 Å². The maximum atomic E-state index is 13.2. The van der Waals surface area contributed by atoms with Crippen molar-refractivity contribution in [1.29, 1.82) is 0 Å². The minimum absolute atomic E-state index is 0.0583. The van der Waals surface area contributed by atoms with Crippen LogP contribution in [0.1, 0.15) is 40.5 Å². The molecule has 1 aliphatic heterocycles. The third-order valence-corrected chi connectivity index (χ3v) is 11.9. The van der Waals surface area contributed by atoms with Crippen LogP contribution in [0.25, 0.3) is 22.3 Å². The third-order valence-electron chi connectivity index (χ3n) is 11.9. The lowest BCUT2D eigenvalue weighted by Crippen LogP contribution is -2.40. The fourth-order valence-electron chi connectivity index (χ4n) is 9.25. The molecule has 8 rings (SSSR count). The van der Waals surface area contributed by atoms with Crippen LogP contribution in [-0.4, -0.2) is 75.0 Å². The van der Waals surface area contributed by atoms with Gasteiger partial charge in [-0.25, -0.2) is 9.59 Å². The second-order valence-electron chi connectivity index (χ2n) is 14.9. The highest BCUT2D eigenvalue weighted by Crippen LogP contribution is 2.48. The molecule has 0 radical (unpaired) electrons. The standard InChI is InChI=1S/C46H45N3O7/c1-2-29-22-30(12-11-21-54-44(51)24-48-46(53)56-28-42-37-19-9-5-15-33(37)34-16-6-10-20-38(34)42)40-26-49(25-39(29)40)43(50)23-47-45(52)55-27-41-35-17-7-3-13-31(35)32-14-4-8-18-36(32)41/h2-20,29-30,39-42H,1,21-28H2,(H,47,52)(H,48,53)/b12-11+/t29-,30+,39-,40+/m1/s1. The number of hydrogen-bond donors (Lipinski definition) is 2. The Kier molecular flexibility index (Phi) is 10.7. The number of carbonyl (C=O) groups is 4. The van der Waals surface area contributed by atoms with Crippen LogP contribution in [-0.2, 0) is 23.8 Å². The molecule has 4 aromatic carbocycles. The summed E-state index contributed by atoms with van der Waals surface area (Å²) in [7, 11) is 0. The van der Waals surface area contributed by atoms with E-state index < -0.39 is 18.2 Å². The van der Waals surface area contributed by atoms with Crippen LogP contribution in [0.5, 0.6) is 0 Å². The Hall–Kier alpha value is -6.16. The molecule has 1 saturated heterocycles. The zero-order valence-corrected chi connectivity index (χ0v) is 31.1. The topological polar surface area (TPSA) is 123 Å². The Labute approximate surface area is 326 Å². The molecule has 2 N–H and O–H groups in total. The first kappa shape index (κ1) is 36.8. The molecule has 10 nitrogen and oxygen atoms in total. The number of alkyl carbamates (subject to hydrolysis) is 2. The van der Waals surface area contributed by atoms with Gasteiger partial charge in [0.2, 0.25) is 5.91 Å². The predicted molar refractivity (Wildman–Crippen MR) is 212 cm³/mol. The zero-order chi connectivity index (χ0) is 38.6. The second kappa shape index (κ2) is 16.3. The molecule has 2 fully saturated rings. The quantitative estimate of drug-likeness (QED) is 0.0903. The van der Waals surface area contributed by atoms with Crippen LogP contribution in [0.2, 0.25) is 0 Å². The number of amides is 3. The monoisotopic (exact) mass is 751 g/mol. The first-order chi connectivity index (χ1) is 27.4. The highest BCUT2D eigenvalue weighted by atomic mass is 16.6. The van der Waals surface area contributed by atoms with Gasteiger partial charge in [0.05, 0.1) is 0 Å². The van der Waals surface area contributed by atoms with Crippen molar-refractivity contribution in [1.82, 2.24) is 15.5 Å². The summed E-state index contributed by atoms with van der Waals surface area (Å²) in [5.74, 6) is 0.0338. The van der Waals surface area contributed by atoms with Crippen LogP contribution in [0.4, 0.5) is 9.59 Å². The van der Waals surface area contributed by atoms with Crippen molar-refractivity contribution in [2.45, 2.75) is 18.3 Å². The van der Waals surface area contributed by atoms with E-state index in [-0.39, 0.29) is 74.3 Å². The van der Waals surface area contributed by atoms with Gasteiger partial charge in [0.25, 0.3) is 0 Å². The van der Waals surface area contributed by atoms with Crippen molar-refractivity contribution in [2.24, 2.45) is 23.7 Å². The summed E-state index contributed by atoms with van der Waals surface area (Å²) in [6.45, 7) is 5.15. The number of allylic oxidation sites excluding steroid dienone is 2. The van der Waals surface area contributed by atoms with Gasteiger partial charge in [0.15, 0.2) is 0 Å². The molecular weight excluding hydrogens is 707 g/mol. The predicted octanol–water partition coefficient (Wildman–Crippen LogP) is 7.06. The Morgan fingerprint density at radius 2 is 1.07 bits per heavy atom. The van der Waals surface area contributed by atoms with Crippen molar-refractivity contribution >= 4 is 24.1 Å². The van der Waals surface area contributed by atoms with Gasteiger partial charge in [0.1, 0.15) is 32.9 Å². The third kappa shape index (κ3) is 7.43. The lowest BCUT2D eigenvalue weighted by atomic mass is 9.90. The maximum Gasteiger partial charge on any atom is 0.407 e. The molecule has 1 heterocycles. The molecule has 4 atom stereocenters. The largest absolute Gasteiger partial charge is 0.460 e. The Morgan fingerprint density at radius 3 is 1.55 bits per heavy atom. The van der Waals surface area contributed by atoms with Crippen molar-refractivity contribution in [2.75, 3.05) is 46.0 Å². The molecule has 3 aliphatic carbocycles. The molecule has 4 aromatic rings. The molecule has 1 saturated carbocycles. The fraction of sp³-hybridized carbons (Fsp3) is 0.304. The fourth-order valence-corrected chi connectivity index (χ4v) is 9.25. The van der Waals surface area contributed by atoms with Crippen LogP contribution in [0.15, 0.2) is 122 Å². The number of carbonyl (C=O) groups excluding carboxylic acids is 4. The summed E-state index contributed by atoms with van der Waals surface area (Å²) < 4.78 is 16.5. The minimum Gasteiger partial charge on any atom is -0.460 e. The van der Waals surface area contributed by atoms with Gasteiger partial charge in [-0.2, -0.15) is 0 Å². The molecule has 10 heteroatoms. The maximum absolute atomic E-state index is 13.2. The summed E-state index contributed by atoms with van der Waals surface area (Å²) >= 11 is 0.